The maximum Gasteiger partial charge on any atom is 0.142 e. The van der Waals surface area contributed by atoms with Crippen LogP contribution in [0.1, 0.15) is 11.4 Å². The molecule has 0 spiro atoms. The molecule has 0 amide bonds. The second-order valence-electron chi connectivity index (χ2n) is 3.10. The summed E-state index contributed by atoms with van der Waals surface area (Å²) >= 11 is 0. The molecule has 0 atom stereocenters. The Labute approximate surface area is 82.0 Å². The Kier molecular flexibility index (Phi) is 2.04. The Bertz CT molecular complexity index is 482. The summed E-state index contributed by atoms with van der Waals surface area (Å²) in [6, 6.07) is 1.88. The first-order valence-corrected chi connectivity index (χ1v) is 4.35. The van der Waals surface area contributed by atoms with E-state index in [2.05, 4.69) is 15.0 Å². The smallest absolute Gasteiger partial charge is 0.142 e. The highest BCUT2D eigenvalue weighted by Crippen LogP contribution is 2.21. The van der Waals surface area contributed by atoms with Crippen LogP contribution in [-0.4, -0.2) is 22.1 Å². The number of methoxy groups -OCH3 is 1. The molecule has 2 aromatic rings. The molecular weight excluding hydrogens is 178 g/mol. The SMILES string of the molecule is COc1cc2ncnc(C)c2nc1C. The molecule has 2 heterocycles. The van der Waals surface area contributed by atoms with Gasteiger partial charge in [0.15, 0.2) is 0 Å². The molecule has 4 nitrogen and oxygen atoms in total. The molecule has 0 N–H and O–H groups in total. The van der Waals surface area contributed by atoms with E-state index in [4.69, 9.17) is 4.74 Å². The van der Waals surface area contributed by atoms with Gasteiger partial charge in [0.05, 0.1) is 24.0 Å². The molecule has 14 heavy (non-hydrogen) atoms. The molecule has 2 rings (SSSR count). The molecule has 0 bridgehead atoms. The van der Waals surface area contributed by atoms with Crippen molar-refractivity contribution in [1.82, 2.24) is 15.0 Å². The van der Waals surface area contributed by atoms with Crippen molar-refractivity contribution in [3.63, 3.8) is 0 Å². The number of fused-ring (bicyclic) bond motifs is 1. The number of rotatable bonds is 1. The molecular formula is C10H11N3O. The maximum absolute atomic E-state index is 5.17. The van der Waals surface area contributed by atoms with Gasteiger partial charge in [-0.3, -0.25) is 0 Å². The molecule has 0 aliphatic heterocycles. The van der Waals surface area contributed by atoms with E-state index in [1.165, 1.54) is 6.33 Å². The fraction of sp³-hybridized carbons (Fsp3) is 0.300. The lowest BCUT2D eigenvalue weighted by Crippen LogP contribution is -1.95. The van der Waals surface area contributed by atoms with Gasteiger partial charge >= 0.3 is 0 Å². The average molecular weight is 189 g/mol. The van der Waals surface area contributed by atoms with E-state index in [-0.39, 0.29) is 0 Å². The zero-order valence-corrected chi connectivity index (χ0v) is 8.40. The quantitative estimate of drug-likeness (QED) is 0.684. The van der Waals surface area contributed by atoms with Crippen LogP contribution in [0.4, 0.5) is 0 Å². The van der Waals surface area contributed by atoms with Gasteiger partial charge in [0, 0.05) is 6.07 Å². The van der Waals surface area contributed by atoms with E-state index in [1.54, 1.807) is 7.11 Å². The van der Waals surface area contributed by atoms with Crippen LogP contribution in [-0.2, 0) is 0 Å². The van der Waals surface area contributed by atoms with Gasteiger partial charge in [-0.15, -0.1) is 0 Å². The molecule has 0 saturated carbocycles. The molecule has 0 aliphatic carbocycles. The number of aryl methyl sites for hydroxylation is 2. The molecule has 2 aromatic heterocycles. The predicted molar refractivity (Wildman–Crippen MR) is 53.4 cm³/mol. The average Bonchev–Trinajstić information content (AvgIpc) is 2.19. The minimum absolute atomic E-state index is 0.760. The summed E-state index contributed by atoms with van der Waals surface area (Å²) in [4.78, 5) is 12.6. The van der Waals surface area contributed by atoms with Gasteiger partial charge in [-0.25, -0.2) is 15.0 Å². The fourth-order valence-corrected chi connectivity index (χ4v) is 1.39. The van der Waals surface area contributed by atoms with Crippen molar-refractivity contribution in [2.75, 3.05) is 7.11 Å². The molecule has 0 aliphatic rings. The highest BCUT2D eigenvalue weighted by molar-refractivity contribution is 5.77. The Hall–Kier alpha value is -1.71. The minimum Gasteiger partial charge on any atom is -0.495 e. The van der Waals surface area contributed by atoms with E-state index >= 15 is 0 Å². The Morgan fingerprint density at radius 2 is 1.93 bits per heavy atom. The van der Waals surface area contributed by atoms with Crippen LogP contribution in [0.25, 0.3) is 11.0 Å². The molecule has 0 fully saturated rings. The summed E-state index contributed by atoms with van der Waals surface area (Å²) < 4.78 is 5.17. The Balaban J connectivity index is 2.79. The molecule has 72 valence electrons. The lowest BCUT2D eigenvalue weighted by Gasteiger charge is -2.05. The third-order valence-electron chi connectivity index (χ3n) is 2.16. The zero-order valence-electron chi connectivity index (χ0n) is 8.40. The normalized spacial score (nSPS) is 10.5. The van der Waals surface area contributed by atoms with Gasteiger partial charge in [-0.2, -0.15) is 0 Å². The standard InChI is InChI=1S/C10H11N3O/c1-6-9(14-3)4-8-10(13-6)7(2)11-5-12-8/h4-5H,1-3H3. The molecule has 0 unspecified atom stereocenters. The van der Waals surface area contributed by atoms with E-state index in [0.717, 1.165) is 28.2 Å². The highest BCUT2D eigenvalue weighted by atomic mass is 16.5. The minimum atomic E-state index is 0.760. The number of hydrogen-bond acceptors (Lipinski definition) is 4. The predicted octanol–water partition coefficient (Wildman–Crippen LogP) is 1.65. The molecule has 0 aromatic carbocycles. The van der Waals surface area contributed by atoms with Crippen molar-refractivity contribution < 1.29 is 4.74 Å². The summed E-state index contributed by atoms with van der Waals surface area (Å²) in [5.74, 6) is 0.760. The van der Waals surface area contributed by atoms with Crippen LogP contribution in [0, 0.1) is 13.8 Å². The number of pyridine rings is 1. The van der Waals surface area contributed by atoms with E-state index in [0.29, 0.717) is 0 Å². The first-order valence-electron chi connectivity index (χ1n) is 4.35. The van der Waals surface area contributed by atoms with Gasteiger partial charge in [-0.1, -0.05) is 0 Å². The third kappa shape index (κ3) is 1.28. The number of ether oxygens (including phenoxy) is 1. The summed E-state index contributed by atoms with van der Waals surface area (Å²) in [5, 5.41) is 0. The molecule has 0 radical (unpaired) electrons. The van der Waals surface area contributed by atoms with Crippen molar-refractivity contribution in [2.24, 2.45) is 0 Å². The van der Waals surface area contributed by atoms with Crippen LogP contribution < -0.4 is 4.74 Å². The zero-order chi connectivity index (χ0) is 10.1. The van der Waals surface area contributed by atoms with Gasteiger partial charge in [0.1, 0.15) is 17.6 Å². The van der Waals surface area contributed by atoms with Crippen molar-refractivity contribution in [1.29, 1.82) is 0 Å². The highest BCUT2D eigenvalue weighted by Gasteiger charge is 2.06. The lowest BCUT2D eigenvalue weighted by molar-refractivity contribution is 0.410. The maximum atomic E-state index is 5.17. The van der Waals surface area contributed by atoms with Crippen molar-refractivity contribution >= 4 is 11.0 Å². The van der Waals surface area contributed by atoms with Gasteiger partial charge in [-0.05, 0) is 13.8 Å². The third-order valence-corrected chi connectivity index (χ3v) is 2.16. The summed E-state index contributed by atoms with van der Waals surface area (Å²) in [6.45, 7) is 3.83. The summed E-state index contributed by atoms with van der Waals surface area (Å²) in [5.41, 5.74) is 3.41. The molecule has 0 saturated heterocycles. The van der Waals surface area contributed by atoms with Gasteiger partial charge in [0.25, 0.3) is 0 Å². The van der Waals surface area contributed by atoms with Crippen molar-refractivity contribution in [2.45, 2.75) is 13.8 Å². The van der Waals surface area contributed by atoms with E-state index in [9.17, 15) is 0 Å². The van der Waals surface area contributed by atoms with Gasteiger partial charge in [0.2, 0.25) is 0 Å². The number of nitrogens with zero attached hydrogens (tertiary/aromatic N) is 3. The second kappa shape index (κ2) is 3.21. The van der Waals surface area contributed by atoms with Crippen molar-refractivity contribution in [3.8, 4) is 5.75 Å². The number of aromatic nitrogens is 3. The van der Waals surface area contributed by atoms with Crippen LogP contribution in [0.15, 0.2) is 12.4 Å². The van der Waals surface area contributed by atoms with E-state index < -0.39 is 0 Å². The van der Waals surface area contributed by atoms with Crippen LogP contribution in [0.3, 0.4) is 0 Å². The Morgan fingerprint density at radius 1 is 1.14 bits per heavy atom. The summed E-state index contributed by atoms with van der Waals surface area (Å²) in [6.07, 6.45) is 1.54. The van der Waals surface area contributed by atoms with Gasteiger partial charge < -0.3 is 4.74 Å². The first-order chi connectivity index (χ1) is 6.72. The van der Waals surface area contributed by atoms with Crippen LogP contribution in [0.2, 0.25) is 0 Å². The Morgan fingerprint density at radius 3 is 2.64 bits per heavy atom. The van der Waals surface area contributed by atoms with Crippen LogP contribution in [0.5, 0.6) is 5.75 Å². The monoisotopic (exact) mass is 189 g/mol. The second-order valence-corrected chi connectivity index (χ2v) is 3.10. The van der Waals surface area contributed by atoms with E-state index in [1.807, 2.05) is 19.9 Å². The number of hydrogen-bond donors (Lipinski definition) is 0. The fourth-order valence-electron chi connectivity index (χ4n) is 1.39. The summed E-state index contributed by atoms with van der Waals surface area (Å²) in [7, 11) is 1.63. The molecule has 4 heteroatoms. The largest absolute Gasteiger partial charge is 0.495 e. The lowest BCUT2D eigenvalue weighted by atomic mass is 10.2. The topological polar surface area (TPSA) is 47.9 Å². The van der Waals surface area contributed by atoms with Crippen molar-refractivity contribution in [3.05, 3.63) is 23.8 Å². The van der Waals surface area contributed by atoms with Crippen LogP contribution >= 0.6 is 0 Å². The first kappa shape index (κ1) is 8.87.